The molecular weight excluding hydrogens is 455 g/mol. The third-order valence-corrected chi connectivity index (χ3v) is 6.40. The Bertz CT molecular complexity index is 1330. The lowest BCUT2D eigenvalue weighted by atomic mass is 10.1. The van der Waals surface area contributed by atoms with Crippen molar-refractivity contribution in [2.75, 3.05) is 24.5 Å². The average molecular weight is 480 g/mol. The molecule has 0 spiro atoms. The molecule has 0 aliphatic carbocycles. The van der Waals surface area contributed by atoms with Crippen molar-refractivity contribution in [2.24, 2.45) is 0 Å². The second-order valence-corrected chi connectivity index (χ2v) is 8.63. The van der Waals surface area contributed by atoms with Crippen molar-refractivity contribution in [3.63, 3.8) is 0 Å². The van der Waals surface area contributed by atoms with Gasteiger partial charge in [0, 0.05) is 43.6 Å². The lowest BCUT2D eigenvalue weighted by Gasteiger charge is -2.26. The van der Waals surface area contributed by atoms with Crippen molar-refractivity contribution >= 4 is 17.4 Å². The number of benzene rings is 1. The SMILES string of the molecule is CC1CCN(c2ccc(C(F)(F)F)cn2)CCN1C(=O)c1nc2ccccn2c1-c1ccccc1. The fourth-order valence-electron chi connectivity index (χ4n) is 4.48. The predicted molar refractivity (Wildman–Crippen MR) is 127 cm³/mol. The molecule has 9 heteroatoms. The Morgan fingerprint density at radius 2 is 1.74 bits per heavy atom. The number of halogens is 3. The van der Waals surface area contributed by atoms with Crippen molar-refractivity contribution in [3.05, 3.63) is 84.3 Å². The number of nitrogens with zero attached hydrogens (tertiary/aromatic N) is 5. The van der Waals surface area contributed by atoms with Gasteiger partial charge in [-0.3, -0.25) is 9.20 Å². The van der Waals surface area contributed by atoms with Crippen LogP contribution in [0.4, 0.5) is 19.0 Å². The van der Waals surface area contributed by atoms with E-state index in [1.54, 1.807) is 4.90 Å². The van der Waals surface area contributed by atoms with E-state index in [0.717, 1.165) is 23.5 Å². The summed E-state index contributed by atoms with van der Waals surface area (Å²) < 4.78 is 40.6. The second kappa shape index (κ2) is 9.05. The molecule has 1 aromatic carbocycles. The van der Waals surface area contributed by atoms with Crippen LogP contribution in [0.5, 0.6) is 0 Å². The molecule has 1 saturated heterocycles. The Kier molecular flexibility index (Phi) is 5.92. The number of rotatable bonds is 3. The van der Waals surface area contributed by atoms with Crippen molar-refractivity contribution in [2.45, 2.75) is 25.6 Å². The zero-order valence-corrected chi connectivity index (χ0v) is 19.1. The molecule has 3 aromatic heterocycles. The first kappa shape index (κ1) is 22.9. The Morgan fingerprint density at radius 3 is 2.46 bits per heavy atom. The summed E-state index contributed by atoms with van der Waals surface area (Å²) in [5.41, 5.74) is 1.93. The first-order valence-electron chi connectivity index (χ1n) is 11.4. The number of hydrogen-bond acceptors (Lipinski definition) is 4. The molecule has 180 valence electrons. The Hall–Kier alpha value is -3.88. The van der Waals surface area contributed by atoms with Gasteiger partial charge < -0.3 is 9.80 Å². The zero-order valence-electron chi connectivity index (χ0n) is 19.1. The van der Waals surface area contributed by atoms with Gasteiger partial charge in [-0.2, -0.15) is 13.2 Å². The summed E-state index contributed by atoms with van der Waals surface area (Å²) in [4.78, 5) is 26.3. The number of pyridine rings is 2. The second-order valence-electron chi connectivity index (χ2n) is 8.63. The predicted octanol–water partition coefficient (Wildman–Crippen LogP) is 5.16. The molecule has 1 atom stereocenters. The number of carbonyl (C=O) groups excluding carboxylic acids is 1. The van der Waals surface area contributed by atoms with Crippen LogP contribution in [0, 0.1) is 0 Å². The molecule has 1 aliphatic rings. The maximum atomic E-state index is 13.8. The van der Waals surface area contributed by atoms with E-state index in [9.17, 15) is 18.0 Å². The van der Waals surface area contributed by atoms with E-state index in [4.69, 9.17) is 0 Å². The van der Waals surface area contributed by atoms with E-state index >= 15 is 0 Å². The summed E-state index contributed by atoms with van der Waals surface area (Å²) in [6, 6.07) is 17.7. The van der Waals surface area contributed by atoms with Crippen LogP contribution in [0.2, 0.25) is 0 Å². The molecule has 1 amide bonds. The van der Waals surface area contributed by atoms with Gasteiger partial charge in [0.25, 0.3) is 5.91 Å². The minimum atomic E-state index is -4.42. The van der Waals surface area contributed by atoms with Crippen LogP contribution in [0.25, 0.3) is 16.9 Å². The lowest BCUT2D eigenvalue weighted by molar-refractivity contribution is -0.137. The number of amides is 1. The number of carbonyl (C=O) groups is 1. The molecule has 0 N–H and O–H groups in total. The summed E-state index contributed by atoms with van der Waals surface area (Å²) >= 11 is 0. The van der Waals surface area contributed by atoms with Gasteiger partial charge in [0.2, 0.25) is 0 Å². The number of anilines is 1. The van der Waals surface area contributed by atoms with Gasteiger partial charge in [-0.05, 0) is 37.6 Å². The van der Waals surface area contributed by atoms with Gasteiger partial charge in [0.05, 0.1) is 11.3 Å². The molecule has 35 heavy (non-hydrogen) atoms. The molecule has 1 fully saturated rings. The van der Waals surface area contributed by atoms with E-state index in [1.165, 1.54) is 6.07 Å². The summed E-state index contributed by atoms with van der Waals surface area (Å²) in [6.45, 7) is 3.44. The Morgan fingerprint density at radius 1 is 0.971 bits per heavy atom. The maximum absolute atomic E-state index is 13.8. The van der Waals surface area contributed by atoms with Gasteiger partial charge in [0.15, 0.2) is 5.69 Å². The minimum Gasteiger partial charge on any atom is -0.355 e. The standard InChI is InChI=1S/C26H24F3N5O/c1-18-12-14-32(21-11-10-20(17-30-21)26(27,28)29)15-16-33(18)25(35)23-24(19-7-3-2-4-8-19)34-13-6-5-9-22(34)31-23/h2-11,13,17-18H,12,14-16H2,1H3. The van der Waals surface area contributed by atoms with Crippen molar-refractivity contribution in [3.8, 4) is 11.3 Å². The highest BCUT2D eigenvalue weighted by molar-refractivity contribution is 5.99. The van der Waals surface area contributed by atoms with Gasteiger partial charge in [0.1, 0.15) is 11.5 Å². The van der Waals surface area contributed by atoms with Crippen LogP contribution in [0.3, 0.4) is 0 Å². The highest BCUT2D eigenvalue weighted by Gasteiger charge is 2.32. The van der Waals surface area contributed by atoms with Crippen molar-refractivity contribution in [1.29, 1.82) is 0 Å². The van der Waals surface area contributed by atoms with Crippen LogP contribution < -0.4 is 4.90 Å². The quantitative estimate of drug-likeness (QED) is 0.408. The Balaban J connectivity index is 1.43. The molecule has 4 heterocycles. The molecule has 5 rings (SSSR count). The summed E-state index contributed by atoms with van der Waals surface area (Å²) in [7, 11) is 0. The number of alkyl halides is 3. The van der Waals surface area contributed by atoms with Crippen LogP contribution in [-0.2, 0) is 6.18 Å². The average Bonchev–Trinajstić information content (AvgIpc) is 3.14. The van der Waals surface area contributed by atoms with E-state index in [1.807, 2.05) is 71.0 Å². The molecule has 0 radical (unpaired) electrons. The maximum Gasteiger partial charge on any atom is 0.417 e. The van der Waals surface area contributed by atoms with Crippen LogP contribution >= 0.6 is 0 Å². The van der Waals surface area contributed by atoms with Crippen LogP contribution in [0.1, 0.15) is 29.4 Å². The van der Waals surface area contributed by atoms with E-state index in [-0.39, 0.29) is 11.9 Å². The molecular formula is C26H24F3N5O. The Labute approximate surface area is 200 Å². The fraction of sp³-hybridized carbons (Fsp3) is 0.269. The number of imidazole rings is 1. The third kappa shape index (κ3) is 4.45. The third-order valence-electron chi connectivity index (χ3n) is 6.40. The van der Waals surface area contributed by atoms with Gasteiger partial charge in [-0.1, -0.05) is 36.4 Å². The fourth-order valence-corrected chi connectivity index (χ4v) is 4.48. The number of aromatic nitrogens is 3. The molecule has 0 bridgehead atoms. The van der Waals surface area contributed by atoms with Gasteiger partial charge in [-0.25, -0.2) is 9.97 Å². The summed E-state index contributed by atoms with van der Waals surface area (Å²) in [6.07, 6.45) is -1.02. The normalized spacial score (nSPS) is 17.0. The molecule has 0 saturated carbocycles. The minimum absolute atomic E-state index is 0.0737. The first-order chi connectivity index (χ1) is 16.8. The van der Waals surface area contributed by atoms with Crippen LogP contribution in [-0.4, -0.2) is 50.9 Å². The summed E-state index contributed by atoms with van der Waals surface area (Å²) in [5, 5.41) is 0. The highest BCUT2D eigenvalue weighted by Crippen LogP contribution is 2.30. The topological polar surface area (TPSA) is 53.7 Å². The lowest BCUT2D eigenvalue weighted by Crippen LogP contribution is -2.40. The molecule has 4 aromatic rings. The van der Waals surface area contributed by atoms with Gasteiger partial charge in [-0.15, -0.1) is 0 Å². The smallest absolute Gasteiger partial charge is 0.355 e. The molecule has 1 unspecified atom stereocenters. The van der Waals surface area contributed by atoms with Crippen molar-refractivity contribution < 1.29 is 18.0 Å². The number of hydrogen-bond donors (Lipinski definition) is 0. The zero-order chi connectivity index (χ0) is 24.6. The monoisotopic (exact) mass is 479 g/mol. The highest BCUT2D eigenvalue weighted by atomic mass is 19.4. The van der Waals surface area contributed by atoms with Gasteiger partial charge >= 0.3 is 6.18 Å². The van der Waals surface area contributed by atoms with E-state index in [0.29, 0.717) is 43.2 Å². The van der Waals surface area contributed by atoms with Crippen LogP contribution in [0.15, 0.2) is 73.1 Å². The number of fused-ring (bicyclic) bond motifs is 1. The summed E-state index contributed by atoms with van der Waals surface area (Å²) in [5.74, 6) is 0.305. The van der Waals surface area contributed by atoms with Crippen molar-refractivity contribution in [1.82, 2.24) is 19.3 Å². The first-order valence-corrected chi connectivity index (χ1v) is 11.4. The van der Waals surface area contributed by atoms with E-state index < -0.39 is 11.7 Å². The largest absolute Gasteiger partial charge is 0.417 e. The molecule has 1 aliphatic heterocycles. The molecule has 6 nitrogen and oxygen atoms in total. The van der Waals surface area contributed by atoms with E-state index in [2.05, 4.69) is 9.97 Å².